The van der Waals surface area contributed by atoms with Gasteiger partial charge in [0.25, 0.3) is 0 Å². The first-order valence-corrected chi connectivity index (χ1v) is 5.73. The first kappa shape index (κ1) is 12.8. The number of aliphatic hydroxyl groups is 1. The van der Waals surface area contributed by atoms with E-state index in [1.807, 2.05) is 0 Å². The molecule has 1 atom stereocenters. The van der Waals surface area contributed by atoms with Crippen LogP contribution in [0.25, 0.3) is 0 Å². The van der Waals surface area contributed by atoms with Crippen LogP contribution in [0, 0.1) is 5.82 Å². The summed E-state index contributed by atoms with van der Waals surface area (Å²) in [5.41, 5.74) is 0.536. The molecule has 2 amide bonds. The number of rotatable bonds is 2. The highest BCUT2D eigenvalue weighted by atomic mass is 19.1. The molecule has 2 rings (SSSR count). The maximum atomic E-state index is 12.7. The third-order valence-electron chi connectivity index (χ3n) is 2.73. The fraction of sp³-hybridized carbons (Fsp3) is 0.417. The van der Waals surface area contributed by atoms with Crippen LogP contribution >= 0.6 is 0 Å². The van der Waals surface area contributed by atoms with Gasteiger partial charge in [-0.1, -0.05) is 0 Å². The van der Waals surface area contributed by atoms with Crippen molar-refractivity contribution in [1.82, 2.24) is 4.90 Å². The zero-order valence-corrected chi connectivity index (χ0v) is 9.80. The van der Waals surface area contributed by atoms with E-state index in [-0.39, 0.29) is 24.6 Å². The van der Waals surface area contributed by atoms with E-state index in [4.69, 9.17) is 9.84 Å². The Balaban J connectivity index is 1.93. The summed E-state index contributed by atoms with van der Waals surface area (Å²) in [5.74, 6) is -0.347. The SMILES string of the molecule is O=C(Nc1ccc(F)cc1)N1CCOC(CO)C1. The highest BCUT2D eigenvalue weighted by molar-refractivity contribution is 5.89. The Morgan fingerprint density at radius 1 is 1.50 bits per heavy atom. The monoisotopic (exact) mass is 254 g/mol. The Morgan fingerprint density at radius 2 is 2.22 bits per heavy atom. The van der Waals surface area contributed by atoms with Crippen molar-refractivity contribution >= 4 is 11.7 Å². The zero-order valence-electron chi connectivity index (χ0n) is 9.80. The number of carbonyl (C=O) groups is 1. The van der Waals surface area contributed by atoms with Crippen molar-refractivity contribution < 1.29 is 19.0 Å². The third-order valence-corrected chi connectivity index (χ3v) is 2.73. The molecule has 0 radical (unpaired) electrons. The smallest absolute Gasteiger partial charge is 0.322 e. The molecule has 1 aromatic carbocycles. The Labute approximate surface area is 104 Å². The molecule has 0 aromatic heterocycles. The highest BCUT2D eigenvalue weighted by Crippen LogP contribution is 2.11. The van der Waals surface area contributed by atoms with Gasteiger partial charge >= 0.3 is 6.03 Å². The molecule has 6 heteroatoms. The molecule has 1 saturated heterocycles. The van der Waals surface area contributed by atoms with Gasteiger partial charge in [-0.2, -0.15) is 0 Å². The second-order valence-corrected chi connectivity index (χ2v) is 4.06. The van der Waals surface area contributed by atoms with Crippen LogP contribution in [0.2, 0.25) is 0 Å². The van der Waals surface area contributed by atoms with Crippen LogP contribution in [-0.4, -0.2) is 48.4 Å². The molecular weight excluding hydrogens is 239 g/mol. The van der Waals surface area contributed by atoms with Crippen molar-refractivity contribution in [3.63, 3.8) is 0 Å². The van der Waals surface area contributed by atoms with Crippen LogP contribution in [-0.2, 0) is 4.74 Å². The van der Waals surface area contributed by atoms with Crippen molar-refractivity contribution in [3.8, 4) is 0 Å². The second-order valence-electron chi connectivity index (χ2n) is 4.06. The number of aliphatic hydroxyl groups excluding tert-OH is 1. The maximum Gasteiger partial charge on any atom is 0.322 e. The van der Waals surface area contributed by atoms with Crippen molar-refractivity contribution in [2.45, 2.75) is 6.10 Å². The Morgan fingerprint density at radius 3 is 2.89 bits per heavy atom. The lowest BCUT2D eigenvalue weighted by Crippen LogP contribution is -2.48. The molecule has 1 aliphatic heterocycles. The summed E-state index contributed by atoms with van der Waals surface area (Å²) in [4.78, 5) is 13.5. The molecule has 1 aliphatic rings. The quantitative estimate of drug-likeness (QED) is 0.829. The lowest BCUT2D eigenvalue weighted by molar-refractivity contribution is -0.0388. The van der Waals surface area contributed by atoms with E-state index in [1.165, 1.54) is 24.3 Å². The standard InChI is InChI=1S/C12H15FN2O3/c13-9-1-3-10(4-2-9)14-12(17)15-5-6-18-11(7-15)8-16/h1-4,11,16H,5-8H2,(H,14,17). The van der Waals surface area contributed by atoms with E-state index in [1.54, 1.807) is 4.90 Å². The first-order chi connectivity index (χ1) is 8.69. The normalized spacial score (nSPS) is 19.7. The first-order valence-electron chi connectivity index (χ1n) is 5.73. The maximum absolute atomic E-state index is 12.7. The summed E-state index contributed by atoms with van der Waals surface area (Å²) in [7, 11) is 0. The summed E-state index contributed by atoms with van der Waals surface area (Å²) in [6.45, 7) is 1.12. The molecule has 0 saturated carbocycles. The summed E-state index contributed by atoms with van der Waals surface area (Å²) in [5, 5.41) is 11.7. The van der Waals surface area contributed by atoms with Gasteiger partial charge in [0.2, 0.25) is 0 Å². The molecule has 98 valence electrons. The number of urea groups is 1. The Hall–Kier alpha value is -1.66. The highest BCUT2D eigenvalue weighted by Gasteiger charge is 2.23. The lowest BCUT2D eigenvalue weighted by Gasteiger charge is -2.32. The van der Waals surface area contributed by atoms with Crippen molar-refractivity contribution in [2.24, 2.45) is 0 Å². The van der Waals surface area contributed by atoms with Crippen molar-refractivity contribution in [3.05, 3.63) is 30.1 Å². The molecule has 1 aromatic rings. The Bertz CT molecular complexity index is 410. The average molecular weight is 254 g/mol. The zero-order chi connectivity index (χ0) is 13.0. The lowest BCUT2D eigenvalue weighted by atomic mass is 10.3. The molecule has 0 bridgehead atoms. The average Bonchev–Trinajstić information content (AvgIpc) is 2.41. The number of benzene rings is 1. The number of carbonyl (C=O) groups excluding carboxylic acids is 1. The van der Waals surface area contributed by atoms with Gasteiger partial charge in [-0.15, -0.1) is 0 Å². The topological polar surface area (TPSA) is 61.8 Å². The number of morpholine rings is 1. The predicted molar refractivity (Wildman–Crippen MR) is 63.8 cm³/mol. The van der Waals surface area contributed by atoms with E-state index in [0.29, 0.717) is 25.4 Å². The summed E-state index contributed by atoms with van der Waals surface area (Å²) < 4.78 is 18.0. The minimum Gasteiger partial charge on any atom is -0.394 e. The molecule has 18 heavy (non-hydrogen) atoms. The van der Waals surface area contributed by atoms with Crippen molar-refractivity contribution in [1.29, 1.82) is 0 Å². The van der Waals surface area contributed by atoms with E-state index >= 15 is 0 Å². The largest absolute Gasteiger partial charge is 0.394 e. The number of halogens is 1. The second kappa shape index (κ2) is 5.79. The number of hydrogen-bond donors (Lipinski definition) is 2. The molecule has 1 heterocycles. The van der Waals surface area contributed by atoms with Gasteiger partial charge in [0.15, 0.2) is 0 Å². The summed E-state index contributed by atoms with van der Waals surface area (Å²) >= 11 is 0. The molecule has 5 nitrogen and oxygen atoms in total. The fourth-order valence-corrected chi connectivity index (χ4v) is 1.75. The van der Waals surface area contributed by atoms with Gasteiger partial charge in [-0.25, -0.2) is 9.18 Å². The van der Waals surface area contributed by atoms with Gasteiger partial charge in [0.05, 0.1) is 25.9 Å². The van der Waals surface area contributed by atoms with Gasteiger partial charge in [-0.3, -0.25) is 0 Å². The van der Waals surface area contributed by atoms with E-state index in [0.717, 1.165) is 0 Å². The minimum absolute atomic E-state index is 0.111. The van der Waals surface area contributed by atoms with Crippen LogP contribution in [0.3, 0.4) is 0 Å². The third kappa shape index (κ3) is 3.18. The molecule has 1 fully saturated rings. The molecule has 0 spiro atoms. The van der Waals surface area contributed by atoms with Crippen LogP contribution in [0.5, 0.6) is 0 Å². The van der Waals surface area contributed by atoms with E-state index in [2.05, 4.69) is 5.32 Å². The van der Waals surface area contributed by atoms with E-state index in [9.17, 15) is 9.18 Å². The molecule has 0 aliphatic carbocycles. The number of nitrogens with zero attached hydrogens (tertiary/aromatic N) is 1. The van der Waals surface area contributed by atoms with E-state index < -0.39 is 0 Å². The van der Waals surface area contributed by atoms with Crippen LogP contribution in [0.1, 0.15) is 0 Å². The van der Waals surface area contributed by atoms with Gasteiger partial charge in [-0.05, 0) is 24.3 Å². The van der Waals surface area contributed by atoms with Crippen molar-refractivity contribution in [2.75, 3.05) is 31.6 Å². The van der Waals surface area contributed by atoms with Crippen LogP contribution in [0.4, 0.5) is 14.9 Å². The number of amides is 2. The number of nitrogens with one attached hydrogen (secondary N) is 1. The Kier molecular flexibility index (Phi) is 4.11. The van der Waals surface area contributed by atoms with Gasteiger partial charge in [0.1, 0.15) is 5.82 Å². The minimum atomic E-state index is -0.347. The molecular formula is C12H15FN2O3. The number of hydrogen-bond acceptors (Lipinski definition) is 3. The van der Waals surface area contributed by atoms with Crippen LogP contribution < -0.4 is 5.32 Å². The molecule has 1 unspecified atom stereocenters. The number of anilines is 1. The fourth-order valence-electron chi connectivity index (χ4n) is 1.75. The number of ether oxygens (including phenoxy) is 1. The van der Waals surface area contributed by atoms with Gasteiger partial charge in [0, 0.05) is 12.2 Å². The molecule has 2 N–H and O–H groups in total. The van der Waals surface area contributed by atoms with Crippen LogP contribution in [0.15, 0.2) is 24.3 Å². The summed E-state index contributed by atoms with van der Waals surface area (Å²) in [6.07, 6.45) is -0.335. The summed E-state index contributed by atoms with van der Waals surface area (Å²) in [6, 6.07) is 5.29. The predicted octanol–water partition coefficient (Wildman–Crippen LogP) is 1.05. The van der Waals surface area contributed by atoms with Gasteiger partial charge < -0.3 is 20.1 Å².